The Morgan fingerprint density at radius 1 is 1.09 bits per heavy atom. The van der Waals surface area contributed by atoms with E-state index >= 15 is 0 Å². The first-order valence-electron chi connectivity index (χ1n) is 7.79. The summed E-state index contributed by atoms with van der Waals surface area (Å²) in [6.45, 7) is 1.14. The van der Waals surface area contributed by atoms with E-state index < -0.39 is 15.9 Å². The maximum atomic E-state index is 12.3. The molecule has 0 aliphatic heterocycles. The molecule has 2 amide bonds. The second-order valence-electron chi connectivity index (χ2n) is 6.46. The third-order valence-corrected chi connectivity index (χ3v) is 6.23. The highest BCUT2D eigenvalue weighted by Crippen LogP contribution is 2.48. The largest absolute Gasteiger partial charge is 0.326 e. The highest BCUT2D eigenvalue weighted by molar-refractivity contribution is 7.90. The average Bonchev–Trinajstić information content (AvgIpc) is 3.09. The number of hydrogen-bond donors (Lipinski definition) is 2. The first-order chi connectivity index (χ1) is 10.8. The van der Waals surface area contributed by atoms with Crippen LogP contribution in [0.25, 0.3) is 0 Å². The van der Waals surface area contributed by atoms with Crippen molar-refractivity contribution in [3.8, 4) is 0 Å². The zero-order valence-corrected chi connectivity index (χ0v) is 13.7. The van der Waals surface area contributed by atoms with Gasteiger partial charge in [0.2, 0.25) is 11.8 Å². The van der Waals surface area contributed by atoms with Crippen molar-refractivity contribution < 1.29 is 18.0 Å². The Kier molecular flexibility index (Phi) is 4.14. The van der Waals surface area contributed by atoms with E-state index in [9.17, 15) is 18.0 Å². The van der Waals surface area contributed by atoms with E-state index in [1.807, 2.05) is 4.72 Å². The Bertz CT molecular complexity index is 727. The number of carbonyl (C=O) groups excluding carboxylic acids is 2. The lowest BCUT2D eigenvalue weighted by Crippen LogP contribution is -2.28. The molecule has 0 radical (unpaired) electrons. The normalized spacial score (nSPS) is 26.0. The molecular weight excluding hydrogens is 316 g/mol. The summed E-state index contributed by atoms with van der Waals surface area (Å²) >= 11 is 0. The Labute approximate surface area is 135 Å². The molecule has 1 aromatic carbocycles. The van der Waals surface area contributed by atoms with Crippen LogP contribution in [0.15, 0.2) is 29.2 Å². The summed E-state index contributed by atoms with van der Waals surface area (Å²) < 4.78 is 25.6. The number of benzene rings is 1. The van der Waals surface area contributed by atoms with Gasteiger partial charge in [-0.2, -0.15) is 0 Å². The predicted octanol–water partition coefficient (Wildman–Crippen LogP) is 1.89. The van der Waals surface area contributed by atoms with E-state index in [1.54, 1.807) is 12.1 Å². The molecular formula is C16H20N2O4S. The van der Waals surface area contributed by atoms with Gasteiger partial charge in [-0.1, -0.05) is 6.42 Å². The Morgan fingerprint density at radius 3 is 2.30 bits per heavy atom. The molecule has 0 unspecified atom stereocenters. The van der Waals surface area contributed by atoms with Gasteiger partial charge < -0.3 is 5.32 Å². The number of anilines is 1. The topological polar surface area (TPSA) is 92.3 Å². The van der Waals surface area contributed by atoms with Gasteiger partial charge in [0.15, 0.2) is 0 Å². The lowest BCUT2D eigenvalue weighted by Gasteiger charge is -2.20. The zero-order valence-electron chi connectivity index (χ0n) is 12.9. The van der Waals surface area contributed by atoms with Gasteiger partial charge in [0.25, 0.3) is 10.0 Å². The lowest BCUT2D eigenvalue weighted by molar-refractivity contribution is -0.121. The summed E-state index contributed by atoms with van der Waals surface area (Å²) in [5, 5.41) is 2.87. The lowest BCUT2D eigenvalue weighted by atomic mass is 9.88. The molecule has 0 heterocycles. The van der Waals surface area contributed by atoms with Crippen LogP contribution in [-0.4, -0.2) is 20.2 Å². The van der Waals surface area contributed by atoms with E-state index in [0.717, 1.165) is 26.2 Å². The fraction of sp³-hybridized carbons (Fsp3) is 0.500. The fourth-order valence-corrected chi connectivity index (χ4v) is 4.76. The van der Waals surface area contributed by atoms with Crippen LogP contribution in [0.2, 0.25) is 0 Å². The summed E-state index contributed by atoms with van der Waals surface area (Å²) in [6.07, 6.45) is 4.50. The summed E-state index contributed by atoms with van der Waals surface area (Å²) in [4.78, 5) is 23.2. The van der Waals surface area contributed by atoms with Gasteiger partial charge in [0.1, 0.15) is 0 Å². The van der Waals surface area contributed by atoms with Gasteiger partial charge in [-0.05, 0) is 55.4 Å². The van der Waals surface area contributed by atoms with Crippen LogP contribution in [0.1, 0.15) is 32.6 Å². The van der Waals surface area contributed by atoms with E-state index in [1.165, 1.54) is 18.6 Å². The first kappa shape index (κ1) is 16.0. The van der Waals surface area contributed by atoms with E-state index in [2.05, 4.69) is 5.32 Å². The maximum Gasteiger partial charge on any atom is 0.264 e. The highest BCUT2D eigenvalue weighted by atomic mass is 32.2. The molecule has 3 atom stereocenters. The molecule has 2 saturated carbocycles. The van der Waals surface area contributed by atoms with Crippen LogP contribution >= 0.6 is 0 Å². The standard InChI is InChI=1S/C16H20N2O4S/c1-10(19)18-23(21,22)14-6-4-13(5-7-14)17-16(20)15-9-11-2-3-12(15)8-11/h4-7,11-12,15H,2-3,8-9H2,1H3,(H,17,20)(H,18,19)/t11-,12+,15+/m1/s1. The number of hydrogen-bond acceptors (Lipinski definition) is 4. The fourth-order valence-electron chi connectivity index (χ4n) is 3.77. The van der Waals surface area contributed by atoms with Crippen molar-refractivity contribution >= 4 is 27.5 Å². The molecule has 2 aliphatic rings. The first-order valence-corrected chi connectivity index (χ1v) is 9.28. The van der Waals surface area contributed by atoms with Crippen LogP contribution in [0, 0.1) is 17.8 Å². The number of sulfonamides is 1. The molecule has 124 valence electrons. The van der Waals surface area contributed by atoms with Gasteiger partial charge in [0.05, 0.1) is 4.90 Å². The number of carbonyl (C=O) groups is 2. The van der Waals surface area contributed by atoms with Gasteiger partial charge in [-0.15, -0.1) is 0 Å². The molecule has 23 heavy (non-hydrogen) atoms. The van der Waals surface area contributed by atoms with Gasteiger partial charge in [0, 0.05) is 18.5 Å². The Morgan fingerprint density at radius 2 is 1.78 bits per heavy atom. The minimum absolute atomic E-state index is 0.00868. The predicted molar refractivity (Wildman–Crippen MR) is 85.0 cm³/mol. The number of amides is 2. The summed E-state index contributed by atoms with van der Waals surface area (Å²) in [5.74, 6) is 0.658. The van der Waals surface area contributed by atoms with E-state index in [-0.39, 0.29) is 16.7 Å². The van der Waals surface area contributed by atoms with Crippen LogP contribution in [0.4, 0.5) is 5.69 Å². The minimum atomic E-state index is -3.84. The second kappa shape index (κ2) is 5.96. The summed E-state index contributed by atoms with van der Waals surface area (Å²) in [5.41, 5.74) is 0.569. The third kappa shape index (κ3) is 3.39. The Balaban J connectivity index is 1.66. The zero-order chi connectivity index (χ0) is 16.6. The van der Waals surface area contributed by atoms with Crippen molar-refractivity contribution in [1.82, 2.24) is 4.72 Å². The van der Waals surface area contributed by atoms with Crippen molar-refractivity contribution in [2.75, 3.05) is 5.32 Å². The molecule has 0 saturated heterocycles. The monoisotopic (exact) mass is 336 g/mol. The van der Waals surface area contributed by atoms with Gasteiger partial charge in [-0.25, -0.2) is 13.1 Å². The highest BCUT2D eigenvalue weighted by Gasteiger charge is 2.42. The molecule has 0 spiro atoms. The van der Waals surface area contributed by atoms with Crippen molar-refractivity contribution in [3.05, 3.63) is 24.3 Å². The summed E-state index contributed by atoms with van der Waals surface area (Å²) in [7, 11) is -3.84. The van der Waals surface area contributed by atoms with Crippen LogP contribution < -0.4 is 10.0 Å². The molecule has 6 nitrogen and oxygen atoms in total. The van der Waals surface area contributed by atoms with Gasteiger partial charge >= 0.3 is 0 Å². The molecule has 0 aromatic heterocycles. The van der Waals surface area contributed by atoms with Crippen LogP contribution in [-0.2, 0) is 19.6 Å². The molecule has 7 heteroatoms. The van der Waals surface area contributed by atoms with Crippen molar-refractivity contribution in [2.45, 2.75) is 37.5 Å². The van der Waals surface area contributed by atoms with Crippen molar-refractivity contribution in [1.29, 1.82) is 0 Å². The second-order valence-corrected chi connectivity index (χ2v) is 8.14. The van der Waals surface area contributed by atoms with Crippen molar-refractivity contribution in [3.63, 3.8) is 0 Å². The number of fused-ring (bicyclic) bond motifs is 2. The summed E-state index contributed by atoms with van der Waals surface area (Å²) in [6, 6.07) is 5.84. The molecule has 2 fully saturated rings. The third-order valence-electron chi connectivity index (χ3n) is 4.79. The Hall–Kier alpha value is -1.89. The number of nitrogens with one attached hydrogen (secondary N) is 2. The molecule has 2 N–H and O–H groups in total. The molecule has 2 bridgehead atoms. The van der Waals surface area contributed by atoms with E-state index in [4.69, 9.17) is 0 Å². The smallest absolute Gasteiger partial charge is 0.264 e. The quantitative estimate of drug-likeness (QED) is 0.878. The average molecular weight is 336 g/mol. The number of rotatable bonds is 4. The van der Waals surface area contributed by atoms with E-state index in [0.29, 0.717) is 17.5 Å². The minimum Gasteiger partial charge on any atom is -0.326 e. The van der Waals surface area contributed by atoms with Crippen LogP contribution in [0.3, 0.4) is 0 Å². The molecule has 3 rings (SSSR count). The van der Waals surface area contributed by atoms with Gasteiger partial charge in [-0.3, -0.25) is 9.59 Å². The van der Waals surface area contributed by atoms with Crippen LogP contribution in [0.5, 0.6) is 0 Å². The molecule has 2 aliphatic carbocycles. The van der Waals surface area contributed by atoms with Crippen molar-refractivity contribution in [2.24, 2.45) is 17.8 Å². The maximum absolute atomic E-state index is 12.3. The SMILES string of the molecule is CC(=O)NS(=O)(=O)c1ccc(NC(=O)[C@H]2C[C@@H]3CC[C@H]2C3)cc1. The molecule has 1 aromatic rings.